The van der Waals surface area contributed by atoms with Crippen molar-refractivity contribution in [3.63, 3.8) is 0 Å². The second kappa shape index (κ2) is 7.16. The van der Waals surface area contributed by atoms with Crippen LogP contribution in [0.2, 0.25) is 0 Å². The first-order chi connectivity index (χ1) is 11.9. The zero-order chi connectivity index (χ0) is 18.3. The molecule has 5 atom stereocenters. The summed E-state index contributed by atoms with van der Waals surface area (Å²) < 4.78 is 10.8. The Morgan fingerprint density at radius 2 is 2.04 bits per heavy atom. The summed E-state index contributed by atoms with van der Waals surface area (Å²) in [6.07, 6.45) is -5.63. The van der Waals surface area contributed by atoms with Crippen LogP contribution in [0.1, 0.15) is 12.7 Å². The number of nitrogens with zero attached hydrogens (tertiary/aromatic N) is 1. The van der Waals surface area contributed by atoms with Crippen LogP contribution in [-0.2, 0) is 9.53 Å². The van der Waals surface area contributed by atoms with Crippen molar-refractivity contribution in [1.29, 1.82) is 0 Å². The lowest BCUT2D eigenvalue weighted by atomic mass is 9.98. The van der Waals surface area contributed by atoms with Crippen molar-refractivity contribution < 1.29 is 34.4 Å². The van der Waals surface area contributed by atoms with Crippen molar-refractivity contribution in [2.24, 2.45) is 0 Å². The van der Waals surface area contributed by atoms with Crippen LogP contribution < -0.4 is 0 Å². The molecule has 3 rings (SSSR count). The molecule has 1 amide bonds. The van der Waals surface area contributed by atoms with Gasteiger partial charge in [0.2, 0.25) is 0 Å². The average molecular weight is 387 g/mol. The van der Waals surface area contributed by atoms with Gasteiger partial charge in [-0.3, -0.25) is 9.69 Å². The molecule has 0 spiro atoms. The fourth-order valence-electron chi connectivity index (χ4n) is 2.73. The van der Waals surface area contributed by atoms with Gasteiger partial charge in [-0.2, -0.15) is 0 Å². The Morgan fingerprint density at radius 1 is 1.32 bits per heavy atom. The third-order valence-electron chi connectivity index (χ3n) is 4.15. The molecule has 4 N–H and O–H groups in total. The number of thioether (sulfide) groups is 1. The maximum absolute atomic E-state index is 12.8. The van der Waals surface area contributed by atoms with E-state index in [-0.39, 0.29) is 4.32 Å². The number of furan rings is 1. The molecule has 0 saturated carbocycles. The largest absolute Gasteiger partial charge is 0.465 e. The smallest absolute Gasteiger partial charge is 0.268 e. The van der Waals surface area contributed by atoms with Gasteiger partial charge in [-0.15, -0.1) is 0 Å². The number of aliphatic hydroxyl groups is 4. The Balaban J connectivity index is 1.91. The first-order valence-electron chi connectivity index (χ1n) is 7.47. The topological polar surface area (TPSA) is 124 Å². The van der Waals surface area contributed by atoms with Crippen molar-refractivity contribution in [2.75, 3.05) is 6.61 Å². The molecule has 1 aromatic rings. The van der Waals surface area contributed by atoms with Gasteiger partial charge in [0.1, 0.15) is 30.2 Å². The van der Waals surface area contributed by atoms with Crippen LogP contribution >= 0.6 is 24.0 Å². The SMILES string of the molecule is C/C(=C1\SC(=S)N([C@@H]2O[C@@H](CO)[C@@H](O)[C@@H](O)[C@H]2O)C1=O)c1ccco1. The van der Waals surface area contributed by atoms with E-state index >= 15 is 0 Å². The number of thiocarbonyl (C=S) groups is 1. The molecule has 0 aliphatic carbocycles. The van der Waals surface area contributed by atoms with E-state index in [4.69, 9.17) is 21.4 Å². The maximum atomic E-state index is 12.8. The summed E-state index contributed by atoms with van der Waals surface area (Å²) in [5.74, 6) is 0.00234. The van der Waals surface area contributed by atoms with Crippen LogP contribution in [0.4, 0.5) is 0 Å². The van der Waals surface area contributed by atoms with Crippen molar-refractivity contribution in [2.45, 2.75) is 37.6 Å². The number of ether oxygens (including phenoxy) is 1. The van der Waals surface area contributed by atoms with E-state index in [1.54, 1.807) is 19.1 Å². The number of amides is 1. The molecule has 0 radical (unpaired) electrons. The van der Waals surface area contributed by atoms with Crippen molar-refractivity contribution >= 4 is 39.8 Å². The van der Waals surface area contributed by atoms with E-state index in [0.29, 0.717) is 16.2 Å². The molecule has 0 aromatic carbocycles. The molecular formula is C15H17NO7S2. The normalized spacial score (nSPS) is 35.4. The predicted molar refractivity (Wildman–Crippen MR) is 92.1 cm³/mol. The summed E-state index contributed by atoms with van der Waals surface area (Å²) in [4.78, 5) is 14.2. The minimum atomic E-state index is -1.59. The highest BCUT2D eigenvalue weighted by Gasteiger charge is 2.50. The standard InChI is InChI=1S/C15H17NO7S2/c1-6(7-3-2-4-22-7)12-13(21)16(15(24)25-12)14-11(20)10(19)9(18)8(5-17)23-14/h2-4,8-11,14,17-20H,5H2,1H3/b12-6+/t8-,9+,10+,11+,14+/m0/s1. The fourth-order valence-corrected chi connectivity index (χ4v) is 4.06. The number of carbonyl (C=O) groups excluding carboxylic acids is 1. The highest BCUT2D eigenvalue weighted by molar-refractivity contribution is 8.26. The molecule has 0 unspecified atom stereocenters. The van der Waals surface area contributed by atoms with E-state index in [0.717, 1.165) is 16.7 Å². The van der Waals surface area contributed by atoms with E-state index in [1.165, 1.54) is 6.26 Å². The molecule has 0 bridgehead atoms. The van der Waals surface area contributed by atoms with Crippen LogP contribution in [0.15, 0.2) is 27.7 Å². The zero-order valence-electron chi connectivity index (χ0n) is 13.1. The van der Waals surface area contributed by atoms with Crippen LogP contribution in [-0.4, -0.2) is 72.8 Å². The molecule has 8 nitrogen and oxygen atoms in total. The number of allylic oxidation sites excluding steroid dienone is 1. The third kappa shape index (κ3) is 3.14. The van der Waals surface area contributed by atoms with Crippen molar-refractivity contribution in [3.05, 3.63) is 29.1 Å². The maximum Gasteiger partial charge on any atom is 0.268 e. The first-order valence-corrected chi connectivity index (χ1v) is 8.70. The van der Waals surface area contributed by atoms with Crippen LogP contribution in [0.5, 0.6) is 0 Å². The molecule has 25 heavy (non-hydrogen) atoms. The van der Waals surface area contributed by atoms with Gasteiger partial charge in [0, 0.05) is 5.57 Å². The Hall–Kier alpha value is -1.27. The minimum Gasteiger partial charge on any atom is -0.465 e. The molecule has 2 saturated heterocycles. The summed E-state index contributed by atoms with van der Waals surface area (Å²) in [6, 6.07) is 3.40. The third-order valence-corrected chi connectivity index (χ3v) is 5.65. The molecular weight excluding hydrogens is 370 g/mol. The summed E-state index contributed by atoms with van der Waals surface area (Å²) >= 11 is 6.25. The summed E-state index contributed by atoms with van der Waals surface area (Å²) in [6.45, 7) is 1.12. The van der Waals surface area contributed by atoms with Gasteiger partial charge in [0.15, 0.2) is 10.5 Å². The number of aliphatic hydroxyl groups excluding tert-OH is 4. The van der Waals surface area contributed by atoms with Crippen LogP contribution in [0.25, 0.3) is 5.57 Å². The molecule has 136 valence electrons. The number of rotatable bonds is 3. The lowest BCUT2D eigenvalue weighted by molar-refractivity contribution is -0.252. The van der Waals surface area contributed by atoms with Gasteiger partial charge >= 0.3 is 0 Å². The Morgan fingerprint density at radius 3 is 2.64 bits per heavy atom. The summed E-state index contributed by atoms with van der Waals surface area (Å²) in [5.41, 5.74) is 0.578. The highest BCUT2D eigenvalue weighted by Crippen LogP contribution is 2.39. The number of carbonyl (C=O) groups is 1. The van der Waals surface area contributed by atoms with Gasteiger partial charge in [-0.1, -0.05) is 24.0 Å². The number of hydrogen-bond donors (Lipinski definition) is 4. The van der Waals surface area contributed by atoms with Crippen molar-refractivity contribution in [1.82, 2.24) is 4.90 Å². The molecule has 3 heterocycles. The van der Waals surface area contributed by atoms with Crippen LogP contribution in [0.3, 0.4) is 0 Å². The molecule has 2 fully saturated rings. The zero-order valence-corrected chi connectivity index (χ0v) is 14.7. The van der Waals surface area contributed by atoms with E-state index in [9.17, 15) is 25.2 Å². The summed E-state index contributed by atoms with van der Waals surface area (Å²) in [7, 11) is 0. The Bertz CT molecular complexity index is 703. The van der Waals surface area contributed by atoms with Gasteiger partial charge in [-0.05, 0) is 19.1 Å². The fraction of sp³-hybridized carbons (Fsp3) is 0.467. The van der Waals surface area contributed by atoms with E-state index in [1.807, 2.05) is 0 Å². The average Bonchev–Trinajstić information content (AvgIpc) is 3.22. The van der Waals surface area contributed by atoms with Crippen LogP contribution in [0, 0.1) is 0 Å². The van der Waals surface area contributed by atoms with Gasteiger partial charge < -0.3 is 29.6 Å². The van der Waals surface area contributed by atoms with Crippen molar-refractivity contribution in [3.8, 4) is 0 Å². The molecule has 2 aliphatic heterocycles. The Kier molecular flexibility index (Phi) is 5.30. The molecule has 10 heteroatoms. The lowest BCUT2D eigenvalue weighted by Crippen LogP contribution is -2.63. The Labute approximate surface area is 152 Å². The van der Waals surface area contributed by atoms with Gasteiger partial charge in [0.05, 0.1) is 17.8 Å². The second-order valence-electron chi connectivity index (χ2n) is 5.69. The van der Waals surface area contributed by atoms with E-state index in [2.05, 4.69) is 0 Å². The van der Waals surface area contributed by atoms with Gasteiger partial charge in [-0.25, -0.2) is 0 Å². The molecule has 2 aliphatic rings. The monoisotopic (exact) mass is 387 g/mol. The molecule has 1 aromatic heterocycles. The lowest BCUT2D eigenvalue weighted by Gasteiger charge is -2.42. The number of hydrogen-bond acceptors (Lipinski definition) is 9. The second-order valence-corrected chi connectivity index (χ2v) is 7.34. The summed E-state index contributed by atoms with van der Waals surface area (Å²) in [5, 5.41) is 39.3. The highest BCUT2D eigenvalue weighted by atomic mass is 32.2. The van der Waals surface area contributed by atoms with E-state index < -0.39 is 43.2 Å². The quantitative estimate of drug-likeness (QED) is 0.408. The first kappa shape index (κ1) is 18.5. The van der Waals surface area contributed by atoms with Gasteiger partial charge in [0.25, 0.3) is 5.91 Å². The minimum absolute atomic E-state index is 0.134. The predicted octanol–water partition coefficient (Wildman–Crippen LogP) is -0.329.